The van der Waals surface area contributed by atoms with Crippen molar-refractivity contribution in [3.8, 4) is 0 Å². The molecule has 1 aromatic rings. The van der Waals surface area contributed by atoms with E-state index in [2.05, 4.69) is 19.2 Å². The number of hydrogen-bond acceptors (Lipinski definition) is 3. The average Bonchev–Trinajstić information content (AvgIpc) is 2.35. The smallest absolute Gasteiger partial charge is 0.193 e. The van der Waals surface area contributed by atoms with Gasteiger partial charge in [-0.15, -0.1) is 12.6 Å². The number of thiol groups is 1. The number of rotatable bonds is 2. The number of hydrogen-bond donors (Lipinski definition) is 1. The molecule has 0 amide bonds. The summed E-state index contributed by atoms with van der Waals surface area (Å²) in [5, 5.41) is 0. The van der Waals surface area contributed by atoms with Crippen LogP contribution in [0.25, 0.3) is 6.08 Å². The van der Waals surface area contributed by atoms with Crippen molar-refractivity contribution in [2.75, 3.05) is 0 Å². The quantitative estimate of drug-likeness (QED) is 0.822. The minimum absolute atomic E-state index is 0.168. The maximum absolute atomic E-state index is 12.1. The Morgan fingerprint density at radius 1 is 1.22 bits per heavy atom. The Morgan fingerprint density at radius 3 is 2.56 bits per heavy atom. The number of ketones is 2. The molecule has 0 saturated carbocycles. The van der Waals surface area contributed by atoms with Crippen LogP contribution in [0.3, 0.4) is 0 Å². The molecule has 0 radical (unpaired) electrons. The molecule has 0 unspecified atom stereocenters. The second-order valence-corrected chi connectivity index (χ2v) is 4.44. The van der Waals surface area contributed by atoms with Crippen LogP contribution in [0.4, 0.5) is 0 Å². The van der Waals surface area contributed by atoms with Crippen molar-refractivity contribution in [1.82, 2.24) is 0 Å². The highest BCUT2D eigenvalue weighted by Crippen LogP contribution is 2.27. The van der Waals surface area contributed by atoms with Gasteiger partial charge in [0.25, 0.3) is 0 Å². The lowest BCUT2D eigenvalue weighted by Gasteiger charge is -2.14. The van der Waals surface area contributed by atoms with Crippen LogP contribution in [0.15, 0.2) is 47.4 Å². The predicted octanol–water partition coefficient (Wildman–Crippen LogP) is 3.50. The number of carbonyl (C=O) groups excluding carboxylic acids is 2. The monoisotopic (exact) mass is 256 g/mol. The Morgan fingerprint density at radius 2 is 1.94 bits per heavy atom. The third-order valence-electron chi connectivity index (χ3n) is 2.79. The molecule has 0 heterocycles. The second-order valence-electron chi connectivity index (χ2n) is 3.95. The second kappa shape index (κ2) is 4.78. The van der Waals surface area contributed by atoms with Crippen molar-refractivity contribution in [3.63, 3.8) is 0 Å². The lowest BCUT2D eigenvalue weighted by atomic mass is 9.88. The van der Waals surface area contributed by atoms with Crippen molar-refractivity contribution >= 4 is 30.3 Å². The number of benzene rings is 1. The van der Waals surface area contributed by atoms with Gasteiger partial charge in [-0.2, -0.15) is 0 Å². The Bertz CT molecular complexity index is 622. The first-order valence-electron chi connectivity index (χ1n) is 5.51. The SMILES string of the molecule is C=CC1=CC(=O)c2cc(/C=C/C)c(S)cc2C1=O. The molecule has 18 heavy (non-hydrogen) atoms. The Kier molecular flexibility index (Phi) is 3.34. The summed E-state index contributed by atoms with van der Waals surface area (Å²) >= 11 is 4.33. The minimum atomic E-state index is -0.179. The van der Waals surface area contributed by atoms with E-state index >= 15 is 0 Å². The fraction of sp³-hybridized carbons (Fsp3) is 0.0667. The third-order valence-corrected chi connectivity index (χ3v) is 3.18. The molecule has 1 aromatic carbocycles. The molecule has 0 fully saturated rings. The maximum Gasteiger partial charge on any atom is 0.193 e. The fourth-order valence-corrected chi connectivity index (χ4v) is 2.17. The van der Waals surface area contributed by atoms with E-state index < -0.39 is 0 Å². The zero-order valence-corrected chi connectivity index (χ0v) is 10.8. The summed E-state index contributed by atoms with van der Waals surface area (Å²) in [4.78, 5) is 24.7. The normalized spacial score (nSPS) is 14.7. The largest absolute Gasteiger partial charge is 0.289 e. The molecule has 1 aliphatic rings. The summed E-state index contributed by atoms with van der Waals surface area (Å²) < 4.78 is 0. The van der Waals surface area contributed by atoms with Crippen molar-refractivity contribution in [2.24, 2.45) is 0 Å². The van der Waals surface area contributed by atoms with E-state index in [1.807, 2.05) is 19.1 Å². The summed E-state index contributed by atoms with van der Waals surface area (Å²) in [5.41, 5.74) is 1.99. The highest BCUT2D eigenvalue weighted by atomic mass is 32.1. The molecule has 1 aliphatic carbocycles. The van der Waals surface area contributed by atoms with E-state index in [-0.39, 0.29) is 11.6 Å². The molecule has 0 bridgehead atoms. The highest BCUT2D eigenvalue weighted by Gasteiger charge is 2.24. The molecule has 90 valence electrons. The summed E-state index contributed by atoms with van der Waals surface area (Å²) in [6, 6.07) is 3.35. The van der Waals surface area contributed by atoms with Gasteiger partial charge < -0.3 is 0 Å². The molecule has 2 nitrogen and oxygen atoms in total. The molecule has 2 rings (SSSR count). The first-order valence-corrected chi connectivity index (χ1v) is 5.96. The summed E-state index contributed by atoms with van der Waals surface area (Å²) in [6.07, 6.45) is 6.45. The average molecular weight is 256 g/mol. The van der Waals surface area contributed by atoms with Crippen LogP contribution >= 0.6 is 12.6 Å². The van der Waals surface area contributed by atoms with Gasteiger partial charge in [0.2, 0.25) is 0 Å². The molecule has 0 aliphatic heterocycles. The van der Waals surface area contributed by atoms with Crippen LogP contribution in [0.1, 0.15) is 33.2 Å². The van der Waals surface area contributed by atoms with Crippen molar-refractivity contribution in [1.29, 1.82) is 0 Å². The zero-order chi connectivity index (χ0) is 13.3. The summed E-state index contributed by atoms with van der Waals surface area (Å²) in [6.45, 7) is 5.42. The minimum Gasteiger partial charge on any atom is -0.289 e. The fourth-order valence-electron chi connectivity index (χ4n) is 1.90. The maximum atomic E-state index is 12.1. The molecule has 0 aromatic heterocycles. The topological polar surface area (TPSA) is 34.1 Å². The Balaban J connectivity index is 2.67. The van der Waals surface area contributed by atoms with Crippen LogP contribution in [0, 0.1) is 0 Å². The van der Waals surface area contributed by atoms with E-state index in [0.717, 1.165) is 5.56 Å². The van der Waals surface area contributed by atoms with Gasteiger partial charge in [-0.05, 0) is 30.7 Å². The Hall–Kier alpha value is -1.87. The van der Waals surface area contributed by atoms with Gasteiger partial charge in [0, 0.05) is 21.6 Å². The van der Waals surface area contributed by atoms with E-state index in [0.29, 0.717) is 21.6 Å². The van der Waals surface area contributed by atoms with Crippen LogP contribution in [0.2, 0.25) is 0 Å². The molecular weight excluding hydrogens is 244 g/mol. The molecule has 0 spiro atoms. The van der Waals surface area contributed by atoms with Gasteiger partial charge in [-0.25, -0.2) is 0 Å². The molecule has 0 saturated heterocycles. The lowest BCUT2D eigenvalue weighted by Crippen LogP contribution is -2.16. The van der Waals surface area contributed by atoms with Gasteiger partial charge in [0.05, 0.1) is 0 Å². The summed E-state index contributed by atoms with van der Waals surface area (Å²) in [5.74, 6) is -0.347. The van der Waals surface area contributed by atoms with E-state index in [1.165, 1.54) is 12.2 Å². The van der Waals surface area contributed by atoms with Crippen molar-refractivity contribution in [3.05, 3.63) is 59.2 Å². The first-order chi connectivity index (χ1) is 8.58. The van der Waals surface area contributed by atoms with Gasteiger partial charge in [-0.1, -0.05) is 24.8 Å². The van der Waals surface area contributed by atoms with Gasteiger partial charge in [0.15, 0.2) is 11.6 Å². The van der Waals surface area contributed by atoms with Crippen LogP contribution in [0.5, 0.6) is 0 Å². The van der Waals surface area contributed by atoms with E-state index in [4.69, 9.17) is 0 Å². The standard InChI is InChI=1S/C15H12O2S/c1-3-5-10-6-11-12(8-14(10)18)15(17)9(4-2)7-13(11)16/h3-8,18H,2H2,1H3/b5-3+. The predicted molar refractivity (Wildman–Crippen MR) is 75.3 cm³/mol. The van der Waals surface area contributed by atoms with E-state index in [9.17, 15) is 9.59 Å². The van der Waals surface area contributed by atoms with Gasteiger partial charge >= 0.3 is 0 Å². The van der Waals surface area contributed by atoms with Gasteiger partial charge in [0.1, 0.15) is 0 Å². The number of carbonyl (C=O) groups is 2. The molecular formula is C15H12O2S. The van der Waals surface area contributed by atoms with Crippen molar-refractivity contribution < 1.29 is 9.59 Å². The van der Waals surface area contributed by atoms with E-state index in [1.54, 1.807) is 12.1 Å². The number of Topliss-reactive ketones (excluding diaryl/α,β-unsaturated/α-hetero) is 1. The van der Waals surface area contributed by atoms with Gasteiger partial charge in [-0.3, -0.25) is 9.59 Å². The number of allylic oxidation sites excluding steroid dienone is 4. The lowest BCUT2D eigenvalue weighted by molar-refractivity contribution is 0.0987. The molecule has 0 N–H and O–H groups in total. The Labute approximate surface area is 111 Å². The molecule has 3 heteroatoms. The first kappa shape index (κ1) is 12.6. The zero-order valence-electron chi connectivity index (χ0n) is 9.93. The third kappa shape index (κ3) is 1.97. The van der Waals surface area contributed by atoms with Crippen LogP contribution in [-0.2, 0) is 0 Å². The number of fused-ring (bicyclic) bond motifs is 1. The highest BCUT2D eigenvalue weighted by molar-refractivity contribution is 7.80. The van der Waals surface area contributed by atoms with Crippen LogP contribution in [-0.4, -0.2) is 11.6 Å². The molecule has 0 atom stereocenters. The van der Waals surface area contributed by atoms with Crippen molar-refractivity contribution in [2.45, 2.75) is 11.8 Å². The summed E-state index contributed by atoms with van der Waals surface area (Å²) in [7, 11) is 0. The van der Waals surface area contributed by atoms with Crippen LogP contribution < -0.4 is 0 Å².